The van der Waals surface area contributed by atoms with Crippen molar-refractivity contribution in [1.82, 2.24) is 4.98 Å². The van der Waals surface area contributed by atoms with E-state index in [-0.39, 0.29) is 0 Å². The van der Waals surface area contributed by atoms with Crippen LogP contribution < -0.4 is 5.73 Å². The van der Waals surface area contributed by atoms with Gasteiger partial charge in [0, 0.05) is 6.20 Å². The number of nitrogens with two attached hydrogens (primary N) is 1. The van der Waals surface area contributed by atoms with Crippen LogP contribution in [0.1, 0.15) is 11.1 Å². The van der Waals surface area contributed by atoms with Gasteiger partial charge in [-0.2, -0.15) is 0 Å². The van der Waals surface area contributed by atoms with Gasteiger partial charge in [0.05, 0.1) is 0 Å². The minimum absolute atomic E-state index is 0.565. The van der Waals surface area contributed by atoms with Gasteiger partial charge in [0.2, 0.25) is 0 Å². The summed E-state index contributed by atoms with van der Waals surface area (Å²) in [5.74, 6) is 0.565. The van der Waals surface area contributed by atoms with E-state index in [1.165, 1.54) is 16.7 Å². The summed E-state index contributed by atoms with van der Waals surface area (Å²) in [4.78, 5) is 4.00. The second-order valence-corrected chi connectivity index (χ2v) is 3.74. The number of pyridine rings is 1. The van der Waals surface area contributed by atoms with E-state index < -0.39 is 0 Å². The van der Waals surface area contributed by atoms with E-state index in [0.29, 0.717) is 5.82 Å². The zero-order chi connectivity index (χ0) is 10.8. The molecule has 2 heteroatoms. The molecule has 2 nitrogen and oxygen atoms in total. The van der Waals surface area contributed by atoms with Gasteiger partial charge in [-0.25, -0.2) is 4.98 Å². The van der Waals surface area contributed by atoms with E-state index in [9.17, 15) is 0 Å². The van der Waals surface area contributed by atoms with Gasteiger partial charge in [0.1, 0.15) is 5.82 Å². The van der Waals surface area contributed by atoms with E-state index in [2.05, 4.69) is 37.0 Å². The third-order valence-electron chi connectivity index (χ3n) is 2.55. The van der Waals surface area contributed by atoms with Gasteiger partial charge in [-0.05, 0) is 48.2 Å². The number of nitrogens with zero attached hydrogens (tertiary/aromatic N) is 1. The minimum atomic E-state index is 0.565. The average molecular weight is 198 g/mol. The zero-order valence-electron chi connectivity index (χ0n) is 8.99. The molecule has 0 atom stereocenters. The fraction of sp³-hybridized carbons (Fsp3) is 0.154. The van der Waals surface area contributed by atoms with E-state index in [1.54, 1.807) is 6.20 Å². The quantitative estimate of drug-likeness (QED) is 0.765. The van der Waals surface area contributed by atoms with Crippen LogP contribution in [0.5, 0.6) is 0 Å². The van der Waals surface area contributed by atoms with Crippen LogP contribution in [0.4, 0.5) is 5.82 Å². The molecule has 0 aliphatic rings. The molecule has 0 spiro atoms. The molecule has 0 bridgehead atoms. The van der Waals surface area contributed by atoms with Crippen LogP contribution in [0.2, 0.25) is 0 Å². The van der Waals surface area contributed by atoms with Crippen LogP contribution in [0.25, 0.3) is 11.1 Å². The first-order valence-electron chi connectivity index (χ1n) is 4.96. The molecule has 0 unspecified atom stereocenters. The molecule has 0 amide bonds. The Bertz CT molecular complexity index is 469. The molecule has 0 radical (unpaired) electrons. The Morgan fingerprint density at radius 1 is 1.07 bits per heavy atom. The predicted octanol–water partition coefficient (Wildman–Crippen LogP) is 2.95. The lowest BCUT2D eigenvalue weighted by atomic mass is 9.97. The van der Waals surface area contributed by atoms with Gasteiger partial charge in [0.15, 0.2) is 0 Å². The molecule has 2 rings (SSSR count). The number of anilines is 1. The summed E-state index contributed by atoms with van der Waals surface area (Å²) < 4.78 is 0. The number of rotatable bonds is 1. The molecular weight excluding hydrogens is 184 g/mol. The lowest BCUT2D eigenvalue weighted by Crippen LogP contribution is -1.92. The van der Waals surface area contributed by atoms with E-state index in [0.717, 1.165) is 5.56 Å². The van der Waals surface area contributed by atoms with Crippen LogP contribution in [-0.4, -0.2) is 4.98 Å². The third-order valence-corrected chi connectivity index (χ3v) is 2.55. The Labute approximate surface area is 89.8 Å². The van der Waals surface area contributed by atoms with E-state index >= 15 is 0 Å². The minimum Gasteiger partial charge on any atom is -0.384 e. The van der Waals surface area contributed by atoms with Crippen molar-refractivity contribution in [3.63, 3.8) is 0 Å². The van der Waals surface area contributed by atoms with Gasteiger partial charge in [-0.3, -0.25) is 0 Å². The number of hydrogen-bond donors (Lipinski definition) is 1. The van der Waals surface area contributed by atoms with Crippen molar-refractivity contribution >= 4 is 5.82 Å². The summed E-state index contributed by atoms with van der Waals surface area (Å²) >= 11 is 0. The zero-order valence-corrected chi connectivity index (χ0v) is 8.99. The summed E-state index contributed by atoms with van der Waals surface area (Å²) in [6, 6.07) is 10.2. The summed E-state index contributed by atoms with van der Waals surface area (Å²) in [5.41, 5.74) is 10.6. The maximum atomic E-state index is 5.68. The molecule has 15 heavy (non-hydrogen) atoms. The number of hydrogen-bond acceptors (Lipinski definition) is 2. The Morgan fingerprint density at radius 3 is 2.33 bits per heavy atom. The first kappa shape index (κ1) is 9.71. The van der Waals surface area contributed by atoms with Crippen molar-refractivity contribution in [3.8, 4) is 11.1 Å². The first-order chi connectivity index (χ1) is 7.18. The second kappa shape index (κ2) is 3.73. The standard InChI is InChI=1S/C13H14N2/c1-9-4-3-5-10(2)13(9)11-6-7-15-12(14)8-11/h3-8H,1-2H3,(H2,14,15). The van der Waals surface area contributed by atoms with Gasteiger partial charge < -0.3 is 5.73 Å². The van der Waals surface area contributed by atoms with Crippen molar-refractivity contribution in [1.29, 1.82) is 0 Å². The summed E-state index contributed by atoms with van der Waals surface area (Å²) in [7, 11) is 0. The maximum absolute atomic E-state index is 5.68. The van der Waals surface area contributed by atoms with Gasteiger partial charge in [-0.15, -0.1) is 0 Å². The maximum Gasteiger partial charge on any atom is 0.123 e. The van der Waals surface area contributed by atoms with Crippen molar-refractivity contribution in [3.05, 3.63) is 47.7 Å². The van der Waals surface area contributed by atoms with Gasteiger partial charge in [-0.1, -0.05) is 18.2 Å². The average Bonchev–Trinajstić information content (AvgIpc) is 2.17. The number of benzene rings is 1. The molecule has 0 aliphatic carbocycles. The highest BCUT2D eigenvalue weighted by Crippen LogP contribution is 2.27. The monoisotopic (exact) mass is 198 g/mol. The summed E-state index contributed by atoms with van der Waals surface area (Å²) in [5, 5.41) is 0. The smallest absolute Gasteiger partial charge is 0.123 e. The molecule has 0 saturated carbocycles. The number of aromatic nitrogens is 1. The topological polar surface area (TPSA) is 38.9 Å². The van der Waals surface area contributed by atoms with Crippen molar-refractivity contribution in [2.75, 3.05) is 5.73 Å². The fourth-order valence-electron chi connectivity index (χ4n) is 1.87. The molecule has 1 aromatic heterocycles. The Kier molecular flexibility index (Phi) is 2.42. The SMILES string of the molecule is Cc1cccc(C)c1-c1ccnc(N)c1. The first-order valence-corrected chi connectivity index (χ1v) is 4.96. The molecule has 1 heterocycles. The van der Waals surface area contributed by atoms with Crippen LogP contribution in [0.3, 0.4) is 0 Å². The Balaban J connectivity index is 2.63. The molecule has 2 aromatic rings. The highest BCUT2D eigenvalue weighted by atomic mass is 14.8. The third kappa shape index (κ3) is 1.84. The van der Waals surface area contributed by atoms with Crippen LogP contribution in [0.15, 0.2) is 36.5 Å². The fourth-order valence-corrected chi connectivity index (χ4v) is 1.87. The molecular formula is C13H14N2. The van der Waals surface area contributed by atoms with Crippen molar-refractivity contribution in [2.45, 2.75) is 13.8 Å². The summed E-state index contributed by atoms with van der Waals surface area (Å²) in [6.45, 7) is 4.22. The van der Waals surface area contributed by atoms with E-state index in [1.807, 2.05) is 12.1 Å². The molecule has 0 fully saturated rings. The normalized spacial score (nSPS) is 10.3. The van der Waals surface area contributed by atoms with Crippen LogP contribution in [0, 0.1) is 13.8 Å². The van der Waals surface area contributed by atoms with Crippen molar-refractivity contribution in [2.24, 2.45) is 0 Å². The number of nitrogen functional groups attached to an aromatic ring is 1. The van der Waals surface area contributed by atoms with Crippen molar-refractivity contribution < 1.29 is 0 Å². The predicted molar refractivity (Wildman–Crippen MR) is 63.6 cm³/mol. The van der Waals surface area contributed by atoms with Crippen LogP contribution in [-0.2, 0) is 0 Å². The molecule has 76 valence electrons. The lowest BCUT2D eigenvalue weighted by Gasteiger charge is -2.09. The van der Waals surface area contributed by atoms with E-state index in [4.69, 9.17) is 5.73 Å². The largest absolute Gasteiger partial charge is 0.384 e. The molecule has 0 aliphatic heterocycles. The lowest BCUT2D eigenvalue weighted by molar-refractivity contribution is 1.32. The molecule has 0 saturated heterocycles. The second-order valence-electron chi connectivity index (χ2n) is 3.74. The molecule has 2 N–H and O–H groups in total. The highest BCUT2D eigenvalue weighted by Gasteiger charge is 2.04. The van der Waals surface area contributed by atoms with Crippen LogP contribution >= 0.6 is 0 Å². The Morgan fingerprint density at radius 2 is 1.73 bits per heavy atom. The van der Waals surface area contributed by atoms with Gasteiger partial charge in [0.25, 0.3) is 0 Å². The Hall–Kier alpha value is -1.83. The van der Waals surface area contributed by atoms with Gasteiger partial charge >= 0.3 is 0 Å². The highest BCUT2D eigenvalue weighted by molar-refractivity contribution is 5.72. The summed E-state index contributed by atoms with van der Waals surface area (Å²) in [6.07, 6.45) is 1.75. The number of aryl methyl sites for hydroxylation is 2. The molecule has 1 aromatic carbocycles.